The smallest absolute Gasteiger partial charge is 0.354 e. The van der Waals surface area contributed by atoms with Crippen LogP contribution in [0, 0.1) is 0 Å². The highest BCUT2D eigenvalue weighted by Gasteiger charge is 2.13. The van der Waals surface area contributed by atoms with Gasteiger partial charge in [0.1, 0.15) is 17.2 Å². The minimum Gasteiger partial charge on any atom is -0.497 e. The Morgan fingerprint density at radius 2 is 1.84 bits per heavy atom. The molecule has 19 heavy (non-hydrogen) atoms. The maximum atomic E-state index is 11.7. The Morgan fingerprint density at radius 3 is 2.32 bits per heavy atom. The van der Waals surface area contributed by atoms with Gasteiger partial charge in [0.15, 0.2) is 0 Å². The van der Waals surface area contributed by atoms with E-state index in [1.807, 2.05) is 6.07 Å². The number of rotatable bonds is 5. The number of likely N-dealkylation sites (N-methyl/N-ethyl adjacent to an activating group) is 1. The number of hydrogen-bond donors (Lipinski definition) is 0. The third-order valence-corrected chi connectivity index (χ3v) is 2.61. The standard InChI is InChI=1S/C14H19NO4/c1-15(2)12(14(16)19-5)8-10-6-7-11(17-3)9-13(10)18-4/h6-9H,1-5H3. The molecule has 0 saturated heterocycles. The van der Waals surface area contributed by atoms with Gasteiger partial charge in [0, 0.05) is 25.7 Å². The van der Waals surface area contributed by atoms with Gasteiger partial charge in [0.05, 0.1) is 21.3 Å². The highest BCUT2D eigenvalue weighted by atomic mass is 16.5. The van der Waals surface area contributed by atoms with Crippen LogP contribution < -0.4 is 9.47 Å². The van der Waals surface area contributed by atoms with Crippen LogP contribution in [0.1, 0.15) is 5.56 Å². The molecule has 0 aromatic heterocycles. The van der Waals surface area contributed by atoms with Gasteiger partial charge in [-0.2, -0.15) is 0 Å². The van der Waals surface area contributed by atoms with E-state index in [1.165, 1.54) is 7.11 Å². The summed E-state index contributed by atoms with van der Waals surface area (Å²) in [6.45, 7) is 0. The van der Waals surface area contributed by atoms with Gasteiger partial charge in [-0.15, -0.1) is 0 Å². The predicted molar refractivity (Wildman–Crippen MR) is 73.2 cm³/mol. The lowest BCUT2D eigenvalue weighted by atomic mass is 10.1. The van der Waals surface area contributed by atoms with Gasteiger partial charge < -0.3 is 19.1 Å². The summed E-state index contributed by atoms with van der Waals surface area (Å²) < 4.78 is 15.2. The maximum Gasteiger partial charge on any atom is 0.354 e. The van der Waals surface area contributed by atoms with Crippen molar-refractivity contribution in [2.24, 2.45) is 0 Å². The van der Waals surface area contributed by atoms with Crippen molar-refractivity contribution in [3.8, 4) is 11.5 Å². The summed E-state index contributed by atoms with van der Waals surface area (Å²) in [7, 11) is 8.06. The van der Waals surface area contributed by atoms with E-state index >= 15 is 0 Å². The number of ether oxygens (including phenoxy) is 3. The van der Waals surface area contributed by atoms with Gasteiger partial charge in [0.25, 0.3) is 0 Å². The van der Waals surface area contributed by atoms with E-state index in [0.29, 0.717) is 17.2 Å². The number of nitrogens with zero attached hydrogens (tertiary/aromatic N) is 1. The number of hydrogen-bond acceptors (Lipinski definition) is 5. The highest BCUT2D eigenvalue weighted by Crippen LogP contribution is 2.26. The Labute approximate surface area is 113 Å². The fourth-order valence-corrected chi connectivity index (χ4v) is 1.56. The molecule has 0 heterocycles. The first-order valence-corrected chi connectivity index (χ1v) is 5.72. The summed E-state index contributed by atoms with van der Waals surface area (Å²) in [5, 5.41) is 0. The van der Waals surface area contributed by atoms with Crippen molar-refractivity contribution in [3.63, 3.8) is 0 Å². The van der Waals surface area contributed by atoms with E-state index in [-0.39, 0.29) is 0 Å². The summed E-state index contributed by atoms with van der Waals surface area (Å²) in [6, 6.07) is 5.39. The van der Waals surface area contributed by atoms with Crippen LogP contribution in [0.2, 0.25) is 0 Å². The lowest BCUT2D eigenvalue weighted by Crippen LogP contribution is -2.20. The van der Waals surface area contributed by atoms with Crippen molar-refractivity contribution in [3.05, 3.63) is 29.5 Å². The molecule has 0 unspecified atom stereocenters. The average Bonchev–Trinajstić information content (AvgIpc) is 2.43. The molecule has 1 aromatic carbocycles. The lowest BCUT2D eigenvalue weighted by molar-refractivity contribution is -0.137. The second kappa shape index (κ2) is 6.68. The van der Waals surface area contributed by atoms with Crippen LogP contribution in [-0.2, 0) is 9.53 Å². The Kier molecular flexibility index (Phi) is 5.23. The quantitative estimate of drug-likeness (QED) is 0.600. The molecule has 0 bridgehead atoms. The molecule has 104 valence electrons. The fraction of sp³-hybridized carbons (Fsp3) is 0.357. The van der Waals surface area contributed by atoms with Gasteiger partial charge in [0.2, 0.25) is 0 Å². The van der Waals surface area contributed by atoms with Gasteiger partial charge >= 0.3 is 5.97 Å². The van der Waals surface area contributed by atoms with E-state index in [9.17, 15) is 4.79 Å². The van der Waals surface area contributed by atoms with Gasteiger partial charge in [-0.05, 0) is 18.2 Å². The van der Waals surface area contributed by atoms with Crippen molar-refractivity contribution >= 4 is 12.0 Å². The lowest BCUT2D eigenvalue weighted by Gasteiger charge is -2.15. The molecule has 5 nitrogen and oxygen atoms in total. The summed E-state index contributed by atoms with van der Waals surface area (Å²) in [6.07, 6.45) is 1.71. The van der Waals surface area contributed by atoms with E-state index in [0.717, 1.165) is 5.56 Å². The first kappa shape index (κ1) is 14.9. The zero-order chi connectivity index (χ0) is 14.4. The molecule has 0 N–H and O–H groups in total. The topological polar surface area (TPSA) is 48.0 Å². The molecule has 0 amide bonds. The minimum absolute atomic E-state index is 0.400. The normalized spacial score (nSPS) is 10.9. The molecule has 0 aliphatic rings. The predicted octanol–water partition coefficient (Wildman–Crippen LogP) is 1.78. The molecule has 0 spiro atoms. The zero-order valence-electron chi connectivity index (χ0n) is 11.9. The summed E-state index contributed by atoms with van der Waals surface area (Å²) in [5.74, 6) is 0.920. The van der Waals surface area contributed by atoms with Gasteiger partial charge in [-0.25, -0.2) is 4.79 Å². The summed E-state index contributed by atoms with van der Waals surface area (Å²) in [5.41, 5.74) is 1.21. The number of carbonyl (C=O) groups is 1. The molecule has 0 radical (unpaired) electrons. The average molecular weight is 265 g/mol. The fourth-order valence-electron chi connectivity index (χ4n) is 1.56. The molecule has 0 atom stereocenters. The summed E-state index contributed by atoms with van der Waals surface area (Å²) in [4.78, 5) is 13.4. The minimum atomic E-state index is -0.400. The Balaban J connectivity index is 3.24. The molecular weight excluding hydrogens is 246 g/mol. The second-order valence-electron chi connectivity index (χ2n) is 4.02. The highest BCUT2D eigenvalue weighted by molar-refractivity contribution is 5.93. The third-order valence-electron chi connectivity index (χ3n) is 2.61. The zero-order valence-corrected chi connectivity index (χ0v) is 11.9. The molecule has 5 heteroatoms. The third kappa shape index (κ3) is 3.64. The number of methoxy groups -OCH3 is 3. The van der Waals surface area contributed by atoms with Crippen LogP contribution in [-0.4, -0.2) is 46.3 Å². The first-order valence-electron chi connectivity index (χ1n) is 5.72. The number of benzene rings is 1. The molecule has 1 aromatic rings. The molecular formula is C14H19NO4. The van der Waals surface area contributed by atoms with Crippen LogP contribution >= 0.6 is 0 Å². The van der Waals surface area contributed by atoms with Crippen LogP contribution in [0.4, 0.5) is 0 Å². The van der Waals surface area contributed by atoms with Crippen LogP contribution in [0.3, 0.4) is 0 Å². The molecule has 0 fully saturated rings. The molecule has 0 aliphatic heterocycles. The van der Waals surface area contributed by atoms with Crippen LogP contribution in [0.5, 0.6) is 11.5 Å². The van der Waals surface area contributed by atoms with Crippen molar-refractivity contribution in [1.29, 1.82) is 0 Å². The second-order valence-corrected chi connectivity index (χ2v) is 4.02. The van der Waals surface area contributed by atoms with Crippen LogP contribution in [0.25, 0.3) is 6.08 Å². The van der Waals surface area contributed by atoms with Crippen molar-refractivity contribution in [1.82, 2.24) is 4.90 Å². The van der Waals surface area contributed by atoms with Gasteiger partial charge in [-0.1, -0.05) is 0 Å². The number of carbonyl (C=O) groups excluding carboxylic acids is 1. The largest absolute Gasteiger partial charge is 0.497 e. The van der Waals surface area contributed by atoms with Crippen molar-refractivity contribution in [2.45, 2.75) is 0 Å². The molecule has 0 aliphatic carbocycles. The number of esters is 1. The van der Waals surface area contributed by atoms with Crippen molar-refractivity contribution in [2.75, 3.05) is 35.4 Å². The van der Waals surface area contributed by atoms with E-state index in [1.54, 1.807) is 51.4 Å². The maximum absolute atomic E-state index is 11.7. The van der Waals surface area contributed by atoms with Crippen molar-refractivity contribution < 1.29 is 19.0 Å². The molecule has 1 rings (SSSR count). The Hall–Kier alpha value is -2.17. The van der Waals surface area contributed by atoms with Crippen LogP contribution in [0.15, 0.2) is 23.9 Å². The van der Waals surface area contributed by atoms with Gasteiger partial charge in [-0.3, -0.25) is 0 Å². The van der Waals surface area contributed by atoms with E-state index < -0.39 is 5.97 Å². The SMILES string of the molecule is COC(=O)C(=Cc1ccc(OC)cc1OC)N(C)C. The Morgan fingerprint density at radius 1 is 1.16 bits per heavy atom. The van der Waals surface area contributed by atoms with E-state index in [4.69, 9.17) is 14.2 Å². The Bertz CT molecular complexity index is 480. The first-order chi connectivity index (χ1) is 9.03. The van der Waals surface area contributed by atoms with E-state index in [2.05, 4.69) is 0 Å². The summed E-state index contributed by atoms with van der Waals surface area (Å²) >= 11 is 0. The molecule has 0 saturated carbocycles. The monoisotopic (exact) mass is 265 g/mol.